The highest BCUT2D eigenvalue weighted by atomic mass is 16.3. The number of nitrogens with one attached hydrogen (secondary N) is 2. The number of aliphatic hydroxyl groups is 1. The van der Waals surface area contributed by atoms with Crippen molar-refractivity contribution in [3.8, 4) is 0 Å². The van der Waals surface area contributed by atoms with E-state index in [0.29, 0.717) is 23.4 Å². The number of benzene rings is 1. The number of amides is 1. The molecular weight excluding hydrogens is 270 g/mol. The van der Waals surface area contributed by atoms with E-state index in [1.807, 2.05) is 13.8 Å². The monoisotopic (exact) mass is 291 g/mol. The Bertz CT molecular complexity index is 700. The van der Waals surface area contributed by atoms with Gasteiger partial charge in [-0.05, 0) is 30.5 Å². The van der Waals surface area contributed by atoms with Gasteiger partial charge in [0.2, 0.25) is 0 Å². The fourth-order valence-corrected chi connectivity index (χ4v) is 2.32. The number of nitrogens with zero attached hydrogens (tertiary/aromatic N) is 1. The number of aromatic nitrogens is 2. The Labute approximate surface area is 122 Å². The Hall–Kier alpha value is -2.08. The summed E-state index contributed by atoms with van der Waals surface area (Å²) in [4.78, 5) is 26.3. The lowest BCUT2D eigenvalue weighted by Gasteiger charge is -2.13. The predicted octanol–water partition coefficient (Wildman–Crippen LogP) is 1.00. The molecule has 6 heteroatoms. The third-order valence-electron chi connectivity index (χ3n) is 3.41. The van der Waals surface area contributed by atoms with E-state index >= 15 is 0 Å². The number of H-pyrrole nitrogens is 1. The molecule has 2 aromatic rings. The molecule has 2 rings (SSSR count). The average molecular weight is 291 g/mol. The van der Waals surface area contributed by atoms with E-state index in [4.69, 9.17) is 0 Å². The van der Waals surface area contributed by atoms with Gasteiger partial charge in [0.1, 0.15) is 0 Å². The second-order valence-corrected chi connectivity index (χ2v) is 5.71. The Morgan fingerprint density at radius 3 is 2.81 bits per heavy atom. The van der Waals surface area contributed by atoms with Gasteiger partial charge in [-0.1, -0.05) is 13.8 Å². The van der Waals surface area contributed by atoms with Crippen molar-refractivity contribution in [1.82, 2.24) is 14.9 Å². The van der Waals surface area contributed by atoms with Gasteiger partial charge in [-0.3, -0.25) is 9.36 Å². The lowest BCUT2D eigenvalue weighted by molar-refractivity contribution is 0.0900. The molecule has 1 atom stereocenters. The molecule has 0 spiro atoms. The van der Waals surface area contributed by atoms with Crippen molar-refractivity contribution in [2.45, 2.75) is 26.4 Å². The fraction of sp³-hybridized carbons (Fsp3) is 0.467. The SMILES string of the molecule is CC(C)CC(O)CNC(=O)c1ccc2c(c1)[nH]c(=O)n2C. The minimum Gasteiger partial charge on any atom is -0.391 e. The average Bonchev–Trinajstić information content (AvgIpc) is 2.70. The van der Waals surface area contributed by atoms with Crippen molar-refractivity contribution < 1.29 is 9.90 Å². The van der Waals surface area contributed by atoms with E-state index in [1.165, 1.54) is 4.57 Å². The molecule has 0 aliphatic rings. The summed E-state index contributed by atoms with van der Waals surface area (Å²) in [6, 6.07) is 5.04. The van der Waals surface area contributed by atoms with Crippen LogP contribution in [0.4, 0.5) is 0 Å². The molecule has 6 nitrogen and oxygen atoms in total. The van der Waals surface area contributed by atoms with Crippen LogP contribution in [0.3, 0.4) is 0 Å². The number of hydrogen-bond acceptors (Lipinski definition) is 3. The molecule has 3 N–H and O–H groups in total. The van der Waals surface area contributed by atoms with E-state index in [0.717, 1.165) is 5.52 Å². The Morgan fingerprint density at radius 1 is 1.43 bits per heavy atom. The number of aliphatic hydroxyl groups excluding tert-OH is 1. The number of carbonyl (C=O) groups is 1. The second kappa shape index (κ2) is 6.13. The molecule has 1 amide bonds. The van der Waals surface area contributed by atoms with Crippen LogP contribution in [0.2, 0.25) is 0 Å². The van der Waals surface area contributed by atoms with Gasteiger partial charge in [-0.2, -0.15) is 0 Å². The standard InChI is InChI=1S/C15H21N3O3/c1-9(2)6-11(19)8-16-14(20)10-4-5-13-12(7-10)17-15(21)18(13)3/h4-5,7,9,11,19H,6,8H2,1-3H3,(H,16,20)(H,17,21). The number of rotatable bonds is 5. The van der Waals surface area contributed by atoms with Gasteiger partial charge in [-0.15, -0.1) is 0 Å². The minimum absolute atomic E-state index is 0.213. The van der Waals surface area contributed by atoms with Gasteiger partial charge in [0.25, 0.3) is 5.91 Å². The summed E-state index contributed by atoms with van der Waals surface area (Å²) >= 11 is 0. The van der Waals surface area contributed by atoms with Crippen molar-refractivity contribution in [3.63, 3.8) is 0 Å². The molecular formula is C15H21N3O3. The third kappa shape index (κ3) is 3.52. The summed E-state index contributed by atoms with van der Waals surface area (Å²) in [5, 5.41) is 12.5. The van der Waals surface area contributed by atoms with E-state index in [1.54, 1.807) is 25.2 Å². The molecule has 0 saturated carbocycles. The maximum Gasteiger partial charge on any atom is 0.326 e. The highest BCUT2D eigenvalue weighted by molar-refractivity contribution is 5.97. The third-order valence-corrected chi connectivity index (χ3v) is 3.41. The van der Waals surface area contributed by atoms with Crippen molar-refractivity contribution in [2.75, 3.05) is 6.54 Å². The van der Waals surface area contributed by atoms with Crippen LogP contribution in [0.25, 0.3) is 11.0 Å². The van der Waals surface area contributed by atoms with Crippen molar-refractivity contribution in [2.24, 2.45) is 13.0 Å². The van der Waals surface area contributed by atoms with Crippen LogP contribution < -0.4 is 11.0 Å². The van der Waals surface area contributed by atoms with Crippen LogP contribution in [-0.4, -0.2) is 33.2 Å². The molecule has 0 saturated heterocycles. The highest BCUT2D eigenvalue weighted by Crippen LogP contribution is 2.12. The zero-order valence-electron chi connectivity index (χ0n) is 12.5. The summed E-state index contributed by atoms with van der Waals surface area (Å²) in [5.41, 5.74) is 1.62. The normalized spacial score (nSPS) is 12.8. The molecule has 1 aromatic carbocycles. The van der Waals surface area contributed by atoms with Gasteiger partial charge in [0.05, 0.1) is 17.1 Å². The predicted molar refractivity (Wildman–Crippen MR) is 81.3 cm³/mol. The van der Waals surface area contributed by atoms with Crippen molar-refractivity contribution in [1.29, 1.82) is 0 Å². The molecule has 0 aliphatic carbocycles. The fourth-order valence-electron chi connectivity index (χ4n) is 2.32. The first-order chi connectivity index (χ1) is 9.88. The van der Waals surface area contributed by atoms with Crippen LogP contribution in [0.5, 0.6) is 0 Å². The summed E-state index contributed by atoms with van der Waals surface area (Å²) in [7, 11) is 1.67. The summed E-state index contributed by atoms with van der Waals surface area (Å²) in [6.07, 6.45) is 0.0971. The zero-order valence-corrected chi connectivity index (χ0v) is 12.5. The lowest BCUT2D eigenvalue weighted by Crippen LogP contribution is -2.32. The van der Waals surface area contributed by atoms with Gasteiger partial charge in [-0.25, -0.2) is 4.79 Å². The number of hydrogen-bond donors (Lipinski definition) is 3. The molecule has 1 aromatic heterocycles. The minimum atomic E-state index is -0.547. The van der Waals surface area contributed by atoms with E-state index < -0.39 is 6.10 Å². The quantitative estimate of drug-likeness (QED) is 0.768. The summed E-state index contributed by atoms with van der Waals surface area (Å²) in [6.45, 7) is 4.26. The number of imidazole rings is 1. The number of aryl methyl sites for hydroxylation is 1. The zero-order chi connectivity index (χ0) is 15.6. The van der Waals surface area contributed by atoms with Gasteiger partial charge < -0.3 is 15.4 Å². The Kier molecular flexibility index (Phi) is 4.47. The Morgan fingerprint density at radius 2 is 2.14 bits per heavy atom. The largest absolute Gasteiger partial charge is 0.391 e. The van der Waals surface area contributed by atoms with E-state index in [9.17, 15) is 14.7 Å². The van der Waals surface area contributed by atoms with Crippen LogP contribution in [0.15, 0.2) is 23.0 Å². The molecule has 1 unspecified atom stereocenters. The molecule has 0 aliphatic heterocycles. The van der Waals surface area contributed by atoms with Gasteiger partial charge in [0.15, 0.2) is 0 Å². The smallest absolute Gasteiger partial charge is 0.326 e. The topological polar surface area (TPSA) is 87.1 Å². The molecule has 0 radical (unpaired) electrons. The number of aromatic amines is 1. The first kappa shape index (κ1) is 15.3. The number of fused-ring (bicyclic) bond motifs is 1. The van der Waals surface area contributed by atoms with Crippen LogP contribution in [0, 0.1) is 5.92 Å². The maximum atomic E-state index is 12.0. The molecule has 0 bridgehead atoms. The summed E-state index contributed by atoms with van der Waals surface area (Å²) < 4.78 is 1.49. The van der Waals surface area contributed by atoms with Crippen LogP contribution in [0.1, 0.15) is 30.6 Å². The van der Waals surface area contributed by atoms with E-state index in [2.05, 4.69) is 10.3 Å². The highest BCUT2D eigenvalue weighted by Gasteiger charge is 2.12. The first-order valence-corrected chi connectivity index (χ1v) is 7.03. The molecule has 114 valence electrons. The van der Waals surface area contributed by atoms with Crippen molar-refractivity contribution >= 4 is 16.9 Å². The molecule has 21 heavy (non-hydrogen) atoms. The van der Waals surface area contributed by atoms with Gasteiger partial charge in [0, 0.05) is 19.2 Å². The summed E-state index contributed by atoms with van der Waals surface area (Å²) in [5.74, 6) is 0.118. The Balaban J connectivity index is 2.08. The lowest BCUT2D eigenvalue weighted by atomic mass is 10.1. The maximum absolute atomic E-state index is 12.0. The molecule has 0 fully saturated rings. The molecule has 1 heterocycles. The van der Waals surface area contributed by atoms with Gasteiger partial charge >= 0.3 is 5.69 Å². The van der Waals surface area contributed by atoms with E-state index in [-0.39, 0.29) is 18.1 Å². The second-order valence-electron chi connectivity index (χ2n) is 5.71. The van der Waals surface area contributed by atoms with Crippen LogP contribution in [-0.2, 0) is 7.05 Å². The van der Waals surface area contributed by atoms with Crippen molar-refractivity contribution in [3.05, 3.63) is 34.2 Å². The number of carbonyl (C=O) groups excluding carboxylic acids is 1. The van der Waals surface area contributed by atoms with Crippen LogP contribution >= 0.6 is 0 Å². The first-order valence-electron chi connectivity index (χ1n) is 7.03.